The van der Waals surface area contributed by atoms with Gasteiger partial charge in [0.2, 0.25) is 0 Å². The van der Waals surface area contributed by atoms with Crippen LogP contribution in [0.15, 0.2) is 35.5 Å². The third-order valence-electron chi connectivity index (χ3n) is 17.6. The Kier molecular flexibility index (Phi) is 27.7. The molecule has 0 aliphatic carbocycles. The lowest BCUT2D eigenvalue weighted by Gasteiger charge is -2.45. The monoisotopic (exact) mass is 1040 g/mol. The summed E-state index contributed by atoms with van der Waals surface area (Å²) in [5.74, 6) is -0.124. The van der Waals surface area contributed by atoms with Gasteiger partial charge in [0.1, 0.15) is 12.2 Å². The number of allylic oxidation sites excluding steroid dienone is 3. The maximum Gasteiger partial charge on any atom is 0.333 e. The van der Waals surface area contributed by atoms with Gasteiger partial charge in [0.25, 0.3) is 0 Å². The van der Waals surface area contributed by atoms with Crippen molar-refractivity contribution in [2.75, 3.05) is 0 Å². The van der Waals surface area contributed by atoms with Gasteiger partial charge in [0.15, 0.2) is 39.1 Å². The number of aliphatic hydroxyl groups excluding tert-OH is 1. The summed E-state index contributed by atoms with van der Waals surface area (Å²) in [6.45, 7) is 44.4. The number of carbonyl (C=O) groups excluding carboxylic acids is 2. The average Bonchev–Trinajstić information content (AvgIpc) is 4.11. The van der Waals surface area contributed by atoms with E-state index >= 15 is 4.79 Å². The second-order valence-electron chi connectivity index (χ2n) is 22.0. The quantitative estimate of drug-likeness (QED) is 0.0723. The fourth-order valence-corrected chi connectivity index (χ4v) is 23.1. The summed E-state index contributed by atoms with van der Waals surface area (Å²) in [7, 11) is -9.20. The number of ketones is 1. The van der Waals surface area contributed by atoms with Crippen LogP contribution in [0, 0.1) is 11.8 Å². The number of aliphatic hydroxyl groups is 1. The van der Waals surface area contributed by atoms with Gasteiger partial charge >= 0.3 is 5.97 Å². The van der Waals surface area contributed by atoms with Gasteiger partial charge in [0, 0.05) is 18.4 Å². The van der Waals surface area contributed by atoms with E-state index in [2.05, 4.69) is 123 Å². The number of cyclic esters (lactones) is 1. The van der Waals surface area contributed by atoms with Crippen molar-refractivity contribution in [1.82, 2.24) is 0 Å². The molecule has 2 aliphatic heterocycles. The zero-order chi connectivity index (χ0) is 52.4. The largest absolute Gasteiger partial charge is 0.459 e. The Morgan fingerprint density at radius 1 is 0.710 bits per heavy atom. The summed E-state index contributed by atoms with van der Waals surface area (Å²) in [6.07, 6.45) is 6.35. The van der Waals surface area contributed by atoms with Crippen LogP contribution in [0.5, 0.6) is 0 Å². The van der Waals surface area contributed by atoms with Gasteiger partial charge < -0.3 is 32.3 Å². The molecule has 0 bridgehead atoms. The summed E-state index contributed by atoms with van der Waals surface area (Å²) in [6, 6.07) is 11.4. The molecule has 0 saturated carbocycles. The van der Waals surface area contributed by atoms with E-state index in [9.17, 15) is 9.90 Å². The minimum atomic E-state index is -2.40. The number of carbonyl (C=O) groups is 2. The molecule has 9 nitrogen and oxygen atoms in total. The molecule has 402 valence electrons. The summed E-state index contributed by atoms with van der Waals surface area (Å²) >= 11 is 0. The van der Waals surface area contributed by atoms with Crippen molar-refractivity contribution in [1.29, 1.82) is 0 Å². The minimum Gasteiger partial charge on any atom is -0.459 e. The first kappa shape index (κ1) is 64.1. The normalized spacial score (nSPS) is 31.3. The predicted octanol–water partition coefficient (Wildman–Crippen LogP) is 15.4. The Balaban J connectivity index is 3.01. The lowest BCUT2D eigenvalue weighted by atomic mass is 9.85. The molecule has 1 N–H and O–H groups in total. The van der Waals surface area contributed by atoms with E-state index in [1.165, 1.54) is 0 Å². The fourth-order valence-electron chi connectivity index (χ4n) is 11.4. The lowest BCUT2D eigenvalue weighted by molar-refractivity contribution is -0.146. The topological polar surface area (TPSA) is 113 Å². The highest BCUT2D eigenvalue weighted by molar-refractivity contribution is 6.75. The van der Waals surface area contributed by atoms with Crippen LogP contribution in [-0.2, 0) is 36.8 Å². The van der Waals surface area contributed by atoms with Gasteiger partial charge in [0.05, 0.1) is 36.1 Å². The molecule has 2 aliphatic rings. The highest BCUT2D eigenvalue weighted by Crippen LogP contribution is 2.41. The van der Waals surface area contributed by atoms with E-state index in [1.54, 1.807) is 0 Å². The molecule has 1 saturated heterocycles. The fraction of sp³-hybridized carbons (Fsp3) is 0.857. The third-order valence-corrected chi connectivity index (χ3v) is 36.3. The second-order valence-corrected chi connectivity index (χ2v) is 40.9. The molecule has 2 heterocycles. The summed E-state index contributed by atoms with van der Waals surface area (Å²) < 4.78 is 42.7. The first-order valence-electron chi connectivity index (χ1n) is 28.3. The number of hydrogen-bond donors (Lipinski definition) is 1. The highest BCUT2D eigenvalue weighted by atomic mass is 28.4. The average molecular weight is 1040 g/mol. The van der Waals surface area contributed by atoms with Crippen molar-refractivity contribution in [2.24, 2.45) is 11.8 Å². The van der Waals surface area contributed by atoms with Crippen LogP contribution in [0.3, 0.4) is 0 Å². The molecule has 0 amide bonds. The third kappa shape index (κ3) is 18.4. The van der Waals surface area contributed by atoms with Gasteiger partial charge in [-0.1, -0.05) is 121 Å². The molecular formula is C56H108O9Si4. The summed E-state index contributed by atoms with van der Waals surface area (Å²) in [5, 5.41) is 11.1. The van der Waals surface area contributed by atoms with Crippen molar-refractivity contribution in [3.8, 4) is 0 Å². The first-order chi connectivity index (χ1) is 32.5. The zero-order valence-corrected chi connectivity index (χ0v) is 51.9. The van der Waals surface area contributed by atoms with Gasteiger partial charge in [-0.3, -0.25) is 4.79 Å². The van der Waals surface area contributed by atoms with Crippen LogP contribution in [0.1, 0.15) is 176 Å². The smallest absolute Gasteiger partial charge is 0.333 e. The SMILES string of the molecule is C=C1/C=C(\C)[C@](C)(O[Si](CC)(CC)CC)C[C@H](O[Si](CC)(CC)CC)CC(=O)[C@H](O[Si](CC)(CC)CC)[C@@H](O[Si](CC)(CC)CC)[C@H](C)C[C@H](C)OC(=O)/C(C)=C/CCC[C@@H](O)[C@@H]2O[C@@H]2C[C@H](C)C1. The van der Waals surface area contributed by atoms with E-state index in [4.69, 9.17) is 27.2 Å². The number of ether oxygens (including phenoxy) is 2. The van der Waals surface area contributed by atoms with E-state index in [0.29, 0.717) is 37.2 Å². The Labute approximate surface area is 429 Å². The molecule has 69 heavy (non-hydrogen) atoms. The molecule has 10 atom stereocenters. The molecule has 0 aromatic heterocycles. The first-order valence-corrected chi connectivity index (χ1v) is 38.5. The van der Waals surface area contributed by atoms with Crippen molar-refractivity contribution in [3.05, 3.63) is 35.5 Å². The molecule has 0 aromatic rings. The second kappa shape index (κ2) is 29.8. The molecular weight excluding hydrogens is 929 g/mol. The molecule has 0 spiro atoms. The number of rotatable bonds is 20. The number of epoxide rings is 1. The van der Waals surface area contributed by atoms with E-state index in [0.717, 1.165) is 103 Å². The zero-order valence-electron chi connectivity index (χ0n) is 47.9. The Morgan fingerprint density at radius 3 is 1.71 bits per heavy atom. The molecule has 0 unspecified atom stereocenters. The van der Waals surface area contributed by atoms with E-state index in [1.807, 2.05) is 19.9 Å². The van der Waals surface area contributed by atoms with Crippen molar-refractivity contribution in [2.45, 2.75) is 297 Å². The highest BCUT2D eigenvalue weighted by Gasteiger charge is 2.48. The van der Waals surface area contributed by atoms with Gasteiger partial charge in [-0.25, -0.2) is 4.79 Å². The number of fused-ring (bicyclic) bond motifs is 1. The Hall–Kier alpha value is -1.01. The molecule has 13 heteroatoms. The summed E-state index contributed by atoms with van der Waals surface area (Å²) in [4.78, 5) is 29.6. The van der Waals surface area contributed by atoms with Crippen LogP contribution in [0.4, 0.5) is 0 Å². The summed E-state index contributed by atoms with van der Waals surface area (Å²) in [5.41, 5.74) is 2.02. The maximum absolute atomic E-state index is 16.0. The molecule has 1 fully saturated rings. The van der Waals surface area contributed by atoms with Crippen LogP contribution in [0.25, 0.3) is 0 Å². The van der Waals surface area contributed by atoms with Crippen molar-refractivity contribution >= 4 is 45.0 Å². The predicted molar refractivity (Wildman–Crippen MR) is 300 cm³/mol. The van der Waals surface area contributed by atoms with E-state index < -0.39 is 69.4 Å². The van der Waals surface area contributed by atoms with Crippen LogP contribution < -0.4 is 0 Å². The number of hydrogen-bond acceptors (Lipinski definition) is 9. The molecule has 0 aromatic carbocycles. The van der Waals surface area contributed by atoms with Crippen LogP contribution in [0.2, 0.25) is 72.5 Å². The Bertz CT molecular complexity index is 1590. The van der Waals surface area contributed by atoms with Crippen LogP contribution >= 0.6 is 0 Å². The molecule has 0 radical (unpaired) electrons. The molecule has 2 rings (SSSR count). The van der Waals surface area contributed by atoms with Gasteiger partial charge in [-0.2, -0.15) is 0 Å². The van der Waals surface area contributed by atoms with Crippen molar-refractivity contribution in [3.63, 3.8) is 0 Å². The minimum absolute atomic E-state index is 0.0271. The van der Waals surface area contributed by atoms with E-state index in [-0.39, 0.29) is 36.3 Å². The Morgan fingerprint density at radius 2 is 1.20 bits per heavy atom. The van der Waals surface area contributed by atoms with Crippen molar-refractivity contribution < 1.29 is 41.9 Å². The number of Topliss-reactive ketones (excluding diaryl/α,β-unsaturated/α-hetero) is 1. The van der Waals surface area contributed by atoms with Gasteiger partial charge in [-0.05, 0) is 156 Å². The lowest BCUT2D eigenvalue weighted by Crippen LogP contribution is -2.55. The standard InChI is InChI=1S/C56H108O9Si4/c1-20-66(21-2,22-3)62-48-40-50(58)54(64-68(26-7,27-8)28-9)52(63-67(23-4,24-5)25-6)45(16)39-47(18)60-55(59)44(15)34-32-33-35-49(57)53-51(61-53)38-43(14)36-42(13)37-46(17)56(19,41-48)65-69(29-10,30-11)31-12/h34,37,43,45,47-49,51-54,57H,13,20-33,35-36,38-41H2,1-12,14-19H3/b44-34+,46-37+/t43-,45-,47+,48-,49-,51-,52+,53+,54+,56-/m1/s1. The maximum atomic E-state index is 16.0. The van der Waals surface area contributed by atoms with Crippen LogP contribution in [-0.4, -0.2) is 98.5 Å². The number of esters is 1. The van der Waals surface area contributed by atoms with Gasteiger partial charge in [-0.15, -0.1) is 0 Å².